The van der Waals surface area contributed by atoms with Gasteiger partial charge in [-0.25, -0.2) is 0 Å². The molecule has 44 nitrogen and oxygen atoms in total. The third-order valence-electron chi connectivity index (χ3n) is 17.9. The molecule has 0 radical (unpaired) electrons. The SMILES string of the molecule is CC(=O)N[C@H]1[C@H](O[C@H]2[C@@H](O)[C@@H](CO)O[C@@H](O[C@H]3[C@H](O)[C@@H](NC(C)=O)[C@H](O[C@H]4[C@@H](O)[C@@H](CO)O[C@@H](O[C@H]5[C@H](O)[C@@H](NC(C)=O)[C@H](O[C@H]6[C@@H](O)[C@@H](CO)O[C@@H](O[C@H]7[C@H](O)[C@@H](O)C(O)O[C@@H]7CO)[C@@H]6O)O[C@@H]5CO)[C@@H]4O)O[C@@H]3CO)[C@@H]2O)O[C@H](CO)[C@@H](O[C@@H]2O[C@H](CO)[C@H](O)[C@H](O)[C@H]2O)[C@@H]1O. The lowest BCUT2D eigenvalue weighted by Gasteiger charge is -2.51. The van der Waals surface area contributed by atoms with E-state index in [-0.39, 0.29) is 0 Å². The quantitative estimate of drug-likeness (QED) is 0.0404. The Hall–Kier alpha value is -3.11. The van der Waals surface area contributed by atoms with Crippen LogP contribution in [0.25, 0.3) is 0 Å². The van der Waals surface area contributed by atoms with Crippen molar-refractivity contribution in [3.63, 3.8) is 0 Å². The van der Waals surface area contributed by atoms with Gasteiger partial charge in [-0.2, -0.15) is 0 Å². The molecule has 0 saturated carbocycles. The van der Waals surface area contributed by atoms with Crippen molar-refractivity contribution < 1.29 is 203 Å². The number of carbonyl (C=O) groups excluding carboxylic acids is 3. The van der Waals surface area contributed by atoms with Crippen LogP contribution in [0.15, 0.2) is 0 Å². The molecule has 0 bridgehead atoms. The molecule has 1 unspecified atom stereocenters. The van der Waals surface area contributed by atoms with Crippen LogP contribution < -0.4 is 16.0 Å². The van der Waals surface area contributed by atoms with Crippen molar-refractivity contribution in [2.24, 2.45) is 0 Å². The van der Waals surface area contributed by atoms with E-state index in [4.69, 9.17) is 71.1 Å². The molecule has 3 amide bonds. The summed E-state index contributed by atoms with van der Waals surface area (Å²) < 4.78 is 86.5. The summed E-state index contributed by atoms with van der Waals surface area (Å²) in [6.07, 6.45) is -73.2. The number of hydrogen-bond acceptors (Lipinski definition) is 41. The number of hydrogen-bond donors (Lipinski definition) is 26. The van der Waals surface area contributed by atoms with Gasteiger partial charge in [-0.1, -0.05) is 0 Å². The number of aliphatic hydroxyl groups is 23. The molecule has 8 heterocycles. The molecule has 8 rings (SSSR count). The fourth-order valence-corrected chi connectivity index (χ4v) is 12.7. The molecule has 568 valence electrons. The Balaban J connectivity index is 0.979. The lowest BCUT2D eigenvalue weighted by Crippen LogP contribution is -2.71. The first-order valence-electron chi connectivity index (χ1n) is 31.1. The van der Waals surface area contributed by atoms with Gasteiger partial charge in [-0.3, -0.25) is 14.4 Å². The molecule has 40 atom stereocenters. The van der Waals surface area contributed by atoms with Gasteiger partial charge in [0.25, 0.3) is 0 Å². The van der Waals surface area contributed by atoms with E-state index in [1.54, 1.807) is 0 Å². The largest absolute Gasteiger partial charge is 0.394 e. The Bertz CT molecular complexity index is 2510. The fraction of sp³-hybridized carbons (Fsp3) is 0.944. The minimum Gasteiger partial charge on any atom is -0.394 e. The van der Waals surface area contributed by atoms with Crippen LogP contribution in [0, 0.1) is 0 Å². The monoisotopic (exact) mass is 1440 g/mol. The van der Waals surface area contributed by atoms with E-state index < -0.39 is 316 Å². The smallest absolute Gasteiger partial charge is 0.217 e. The number of nitrogens with one attached hydrogen (secondary N) is 3. The van der Waals surface area contributed by atoms with Crippen LogP contribution in [0.5, 0.6) is 0 Å². The van der Waals surface area contributed by atoms with Gasteiger partial charge in [0.2, 0.25) is 17.7 Å². The maximum absolute atomic E-state index is 12.9. The molecule has 0 aromatic rings. The second-order valence-corrected chi connectivity index (χ2v) is 24.6. The average Bonchev–Trinajstić information content (AvgIpc) is 0.797. The van der Waals surface area contributed by atoms with Crippen molar-refractivity contribution in [3.05, 3.63) is 0 Å². The van der Waals surface area contributed by atoms with E-state index >= 15 is 0 Å². The summed E-state index contributed by atoms with van der Waals surface area (Å²) in [7, 11) is 0. The predicted molar refractivity (Wildman–Crippen MR) is 299 cm³/mol. The Labute approximate surface area is 554 Å². The molecular formula is C54H91N3O41. The summed E-state index contributed by atoms with van der Waals surface area (Å²) in [5.74, 6) is -2.70. The van der Waals surface area contributed by atoms with Gasteiger partial charge in [0.05, 0.1) is 52.9 Å². The summed E-state index contributed by atoms with van der Waals surface area (Å²) in [5.41, 5.74) is 0. The molecular weight excluding hydrogens is 1350 g/mol. The molecule has 0 spiro atoms. The molecule has 8 saturated heterocycles. The van der Waals surface area contributed by atoms with Gasteiger partial charge in [0.15, 0.2) is 50.3 Å². The van der Waals surface area contributed by atoms with Crippen LogP contribution in [0.4, 0.5) is 0 Å². The first-order valence-corrected chi connectivity index (χ1v) is 31.1. The van der Waals surface area contributed by atoms with E-state index in [0.717, 1.165) is 20.8 Å². The number of rotatable bonds is 25. The zero-order chi connectivity index (χ0) is 72.2. The van der Waals surface area contributed by atoms with Gasteiger partial charge in [-0.15, -0.1) is 0 Å². The summed E-state index contributed by atoms with van der Waals surface area (Å²) in [6, 6.07) is -5.57. The number of aliphatic hydroxyl groups excluding tert-OH is 23. The minimum absolute atomic E-state index is 0.865. The Morgan fingerprint density at radius 2 is 0.469 bits per heavy atom. The van der Waals surface area contributed by atoms with Crippen LogP contribution in [-0.2, 0) is 85.4 Å². The van der Waals surface area contributed by atoms with Crippen molar-refractivity contribution in [3.8, 4) is 0 Å². The normalized spacial score (nSPS) is 49.5. The number of amides is 3. The van der Waals surface area contributed by atoms with Gasteiger partial charge in [0.1, 0.15) is 195 Å². The highest BCUT2D eigenvalue weighted by Gasteiger charge is 2.60. The van der Waals surface area contributed by atoms with Crippen LogP contribution in [0.1, 0.15) is 20.8 Å². The van der Waals surface area contributed by atoms with Gasteiger partial charge in [0, 0.05) is 20.8 Å². The zero-order valence-electron chi connectivity index (χ0n) is 52.4. The van der Waals surface area contributed by atoms with E-state index in [2.05, 4.69) is 16.0 Å². The standard InChI is InChI=1S/C54H91N3O41/c1-12(66)55-23-30(73)40(92-51-36(79)33(76)26(69)15(4-58)85-51)20(9-63)89-48(23)96-44-27(70)16(5-59)86-52(37(44)80)93-41-21(10-64)90-49(24(31(41)74)56-13(2)67)97-45-28(71)17(6-60)87-53(38(45)81)94-42-22(11-65)91-50(25(32(42)75)57-14(3)68)98-46-29(72)18(7-61)88-54(39(46)82)95-43-19(8-62)84-47(83)35(78)34(43)77/h15-54,58-65,69-83H,4-11H2,1-3H3,(H,55,66)(H,56,67)(H,57,68)/t15-,16-,17-,18-,19-,20-,21-,22-,23-,24-,25-,26+,27+,28+,29+,30-,31-,32-,33+,34-,35-,36-,37-,38-,39-,40-,41-,42-,43-,44+,45+,46+,47?,48+,49+,50+,51+,52+,53+,54+/m1/s1. The molecule has 8 aliphatic heterocycles. The summed E-state index contributed by atoms with van der Waals surface area (Å²) in [6.45, 7) is -5.41. The second kappa shape index (κ2) is 35.1. The van der Waals surface area contributed by atoms with Crippen LogP contribution >= 0.6 is 0 Å². The minimum atomic E-state index is -2.33. The third kappa shape index (κ3) is 17.3. The zero-order valence-corrected chi connectivity index (χ0v) is 52.4. The molecule has 8 fully saturated rings. The highest BCUT2D eigenvalue weighted by atomic mass is 16.8. The number of ether oxygens (including phenoxy) is 15. The van der Waals surface area contributed by atoms with Crippen LogP contribution in [0.3, 0.4) is 0 Å². The lowest BCUT2D eigenvalue weighted by atomic mass is 9.93. The first kappa shape index (κ1) is 80.6. The maximum atomic E-state index is 12.9. The second-order valence-electron chi connectivity index (χ2n) is 24.6. The van der Waals surface area contributed by atoms with E-state index in [1.165, 1.54) is 0 Å². The number of carbonyl (C=O) groups is 3. The molecule has 0 aliphatic carbocycles. The first-order chi connectivity index (χ1) is 46.4. The highest BCUT2D eigenvalue weighted by Crippen LogP contribution is 2.39. The topological polar surface area (TPSA) is 691 Å². The Morgan fingerprint density at radius 3 is 0.735 bits per heavy atom. The van der Waals surface area contributed by atoms with Crippen LogP contribution in [-0.4, -0.2) is 433 Å². The Kier molecular flexibility index (Phi) is 28.9. The summed E-state index contributed by atoms with van der Waals surface area (Å²) in [4.78, 5) is 38.2. The maximum Gasteiger partial charge on any atom is 0.217 e. The van der Waals surface area contributed by atoms with Crippen molar-refractivity contribution in [1.82, 2.24) is 16.0 Å². The average molecular weight is 1440 g/mol. The molecule has 8 aliphatic rings. The van der Waals surface area contributed by atoms with E-state index in [9.17, 15) is 132 Å². The van der Waals surface area contributed by atoms with Gasteiger partial charge >= 0.3 is 0 Å². The van der Waals surface area contributed by atoms with Crippen molar-refractivity contribution in [2.45, 2.75) is 266 Å². The molecule has 44 heteroatoms. The predicted octanol–water partition coefficient (Wildman–Crippen LogP) is -18.0. The van der Waals surface area contributed by atoms with E-state index in [1.807, 2.05) is 0 Å². The van der Waals surface area contributed by atoms with E-state index in [0.29, 0.717) is 0 Å². The van der Waals surface area contributed by atoms with Crippen LogP contribution in [0.2, 0.25) is 0 Å². The molecule has 98 heavy (non-hydrogen) atoms. The molecule has 0 aromatic heterocycles. The molecule has 26 N–H and O–H groups in total. The van der Waals surface area contributed by atoms with Crippen molar-refractivity contribution in [2.75, 3.05) is 52.9 Å². The Morgan fingerprint density at radius 1 is 0.245 bits per heavy atom. The van der Waals surface area contributed by atoms with Gasteiger partial charge < -0.3 is 204 Å². The summed E-state index contributed by atoms with van der Waals surface area (Å²) >= 11 is 0. The third-order valence-corrected chi connectivity index (χ3v) is 17.9. The van der Waals surface area contributed by atoms with Gasteiger partial charge in [-0.05, 0) is 0 Å². The van der Waals surface area contributed by atoms with Crippen molar-refractivity contribution in [1.29, 1.82) is 0 Å². The fourth-order valence-electron chi connectivity index (χ4n) is 12.7. The van der Waals surface area contributed by atoms with Crippen molar-refractivity contribution >= 4 is 17.7 Å². The highest BCUT2D eigenvalue weighted by molar-refractivity contribution is 5.74. The lowest BCUT2D eigenvalue weighted by molar-refractivity contribution is -0.389. The summed E-state index contributed by atoms with van der Waals surface area (Å²) in [5, 5.41) is 257. The molecule has 0 aromatic carbocycles.